The second-order valence-corrected chi connectivity index (χ2v) is 8.65. The molecule has 0 atom stereocenters. The van der Waals surface area contributed by atoms with Crippen molar-refractivity contribution in [1.29, 1.82) is 0 Å². The van der Waals surface area contributed by atoms with Gasteiger partial charge in [-0.05, 0) is 50.8 Å². The van der Waals surface area contributed by atoms with Gasteiger partial charge >= 0.3 is 0 Å². The maximum Gasteiger partial charge on any atom is 0.0727 e. The van der Waals surface area contributed by atoms with E-state index in [1.54, 1.807) is 11.3 Å². The van der Waals surface area contributed by atoms with E-state index in [-0.39, 0.29) is 5.54 Å². The minimum absolute atomic E-state index is 0.162. The molecule has 0 radical (unpaired) electrons. The van der Waals surface area contributed by atoms with E-state index >= 15 is 0 Å². The van der Waals surface area contributed by atoms with E-state index < -0.39 is 0 Å². The van der Waals surface area contributed by atoms with Crippen LogP contribution in [0, 0.1) is 6.92 Å². The Bertz CT molecular complexity index is 538. The molecule has 0 amide bonds. The fourth-order valence-electron chi connectivity index (χ4n) is 1.98. The van der Waals surface area contributed by atoms with Crippen LogP contribution < -0.4 is 5.32 Å². The number of thiophene rings is 2. The van der Waals surface area contributed by atoms with Crippen LogP contribution >= 0.6 is 22.7 Å². The van der Waals surface area contributed by atoms with Gasteiger partial charge in [0, 0.05) is 33.1 Å². The monoisotopic (exact) mass is 323 g/mol. The number of hydrogen-bond donors (Lipinski definition) is 1. The third-order valence-corrected chi connectivity index (χ3v) is 5.22. The minimum atomic E-state index is 0.162. The van der Waals surface area contributed by atoms with Crippen molar-refractivity contribution in [2.45, 2.75) is 52.8 Å². The van der Waals surface area contributed by atoms with Gasteiger partial charge in [-0.3, -0.25) is 0 Å². The maximum absolute atomic E-state index is 5.83. The van der Waals surface area contributed by atoms with Gasteiger partial charge in [0.1, 0.15) is 0 Å². The zero-order valence-electron chi connectivity index (χ0n) is 13.4. The number of ether oxygens (including phenoxy) is 1. The molecule has 2 aromatic heterocycles. The number of aryl methyl sites for hydroxylation is 1. The summed E-state index contributed by atoms with van der Waals surface area (Å²) in [5.74, 6) is 0. The van der Waals surface area contributed by atoms with E-state index in [4.69, 9.17) is 4.74 Å². The molecular formula is C17H25NOS2. The average Bonchev–Trinajstić information content (AvgIpc) is 3.02. The average molecular weight is 324 g/mol. The third-order valence-electron chi connectivity index (χ3n) is 3.20. The Balaban J connectivity index is 1.76. The van der Waals surface area contributed by atoms with E-state index in [0.717, 1.165) is 26.2 Å². The molecule has 0 fully saturated rings. The molecular weight excluding hydrogens is 298 g/mol. The first-order valence-electron chi connectivity index (χ1n) is 7.37. The van der Waals surface area contributed by atoms with Crippen molar-refractivity contribution in [2.75, 3.05) is 6.61 Å². The zero-order valence-corrected chi connectivity index (χ0v) is 15.0. The first kappa shape index (κ1) is 16.7. The molecule has 116 valence electrons. The van der Waals surface area contributed by atoms with Gasteiger partial charge in [0.2, 0.25) is 0 Å². The lowest BCUT2D eigenvalue weighted by Gasteiger charge is -2.19. The molecule has 21 heavy (non-hydrogen) atoms. The Hall–Kier alpha value is -0.680. The highest BCUT2D eigenvalue weighted by atomic mass is 32.1. The van der Waals surface area contributed by atoms with E-state index in [9.17, 15) is 0 Å². The zero-order chi connectivity index (χ0) is 15.3. The Kier molecular flexibility index (Phi) is 5.99. The number of nitrogens with one attached hydrogen (secondary N) is 1. The third kappa shape index (κ3) is 5.91. The molecule has 2 heterocycles. The molecule has 4 heteroatoms. The second kappa shape index (κ2) is 7.54. The molecule has 0 aliphatic rings. The summed E-state index contributed by atoms with van der Waals surface area (Å²) < 4.78 is 5.83. The van der Waals surface area contributed by atoms with Crippen LogP contribution in [0.15, 0.2) is 23.6 Å². The predicted octanol–water partition coefficient (Wildman–Crippen LogP) is 4.77. The Morgan fingerprint density at radius 1 is 1.24 bits per heavy atom. The molecule has 0 spiro atoms. The fourth-order valence-corrected chi connectivity index (χ4v) is 3.66. The first-order chi connectivity index (χ1) is 9.94. The Labute approximate surface area is 136 Å². The molecule has 0 aromatic carbocycles. The molecule has 2 rings (SSSR count). The quantitative estimate of drug-likeness (QED) is 0.741. The van der Waals surface area contributed by atoms with E-state index in [2.05, 4.69) is 56.6 Å². The molecule has 0 aliphatic heterocycles. The van der Waals surface area contributed by atoms with Crippen LogP contribution in [0.4, 0.5) is 0 Å². The summed E-state index contributed by atoms with van der Waals surface area (Å²) in [6.07, 6.45) is 1.01. The van der Waals surface area contributed by atoms with Gasteiger partial charge in [0.25, 0.3) is 0 Å². The summed E-state index contributed by atoms with van der Waals surface area (Å²) in [6.45, 7) is 11.2. The Morgan fingerprint density at radius 3 is 2.71 bits per heavy atom. The van der Waals surface area contributed by atoms with Gasteiger partial charge in [0.15, 0.2) is 0 Å². The topological polar surface area (TPSA) is 21.3 Å². The second-order valence-electron chi connectivity index (χ2n) is 6.28. The lowest BCUT2D eigenvalue weighted by Crippen LogP contribution is -2.34. The van der Waals surface area contributed by atoms with Gasteiger partial charge in [-0.15, -0.1) is 22.7 Å². The highest BCUT2D eigenvalue weighted by Gasteiger charge is 2.11. The van der Waals surface area contributed by atoms with Gasteiger partial charge in [-0.2, -0.15) is 0 Å². The van der Waals surface area contributed by atoms with Crippen molar-refractivity contribution in [2.24, 2.45) is 0 Å². The van der Waals surface area contributed by atoms with Gasteiger partial charge in [0.05, 0.1) is 13.2 Å². The highest BCUT2D eigenvalue weighted by molar-refractivity contribution is 7.12. The predicted molar refractivity (Wildman–Crippen MR) is 93.3 cm³/mol. The Morgan fingerprint density at radius 2 is 2.05 bits per heavy atom. The van der Waals surface area contributed by atoms with Crippen molar-refractivity contribution in [3.63, 3.8) is 0 Å². The van der Waals surface area contributed by atoms with Crippen LogP contribution in [0.3, 0.4) is 0 Å². The fraction of sp³-hybridized carbons (Fsp3) is 0.529. The molecule has 0 saturated heterocycles. The van der Waals surface area contributed by atoms with Crippen molar-refractivity contribution in [3.05, 3.63) is 43.8 Å². The van der Waals surface area contributed by atoms with E-state index in [0.29, 0.717) is 0 Å². The standard InChI is InChI=1S/C17H25NOS2/c1-13-14(10-16(21-13)11-18-17(2,3)4)12-19-8-7-15-6-5-9-20-15/h5-6,9-10,18H,7-8,11-12H2,1-4H3. The van der Waals surface area contributed by atoms with Crippen molar-refractivity contribution in [1.82, 2.24) is 5.32 Å². The van der Waals surface area contributed by atoms with Crippen LogP contribution in [0.5, 0.6) is 0 Å². The molecule has 2 aromatic rings. The normalized spacial score (nSPS) is 12.0. The summed E-state index contributed by atoms with van der Waals surface area (Å²) in [5, 5.41) is 5.65. The summed E-state index contributed by atoms with van der Waals surface area (Å²) in [5.41, 5.74) is 1.49. The smallest absolute Gasteiger partial charge is 0.0727 e. The SMILES string of the molecule is Cc1sc(CNC(C)(C)C)cc1COCCc1cccs1. The summed E-state index contributed by atoms with van der Waals surface area (Å²) in [7, 11) is 0. The van der Waals surface area contributed by atoms with Crippen LogP contribution in [-0.4, -0.2) is 12.1 Å². The van der Waals surface area contributed by atoms with Crippen molar-refractivity contribution < 1.29 is 4.74 Å². The number of rotatable bonds is 7. The van der Waals surface area contributed by atoms with E-state index in [1.807, 2.05) is 11.3 Å². The van der Waals surface area contributed by atoms with Gasteiger partial charge < -0.3 is 10.1 Å². The summed E-state index contributed by atoms with van der Waals surface area (Å²) in [6, 6.07) is 6.54. The molecule has 0 saturated carbocycles. The van der Waals surface area contributed by atoms with Crippen LogP contribution in [0.25, 0.3) is 0 Å². The summed E-state index contributed by atoms with van der Waals surface area (Å²) in [4.78, 5) is 4.16. The first-order valence-corrected chi connectivity index (χ1v) is 9.07. The van der Waals surface area contributed by atoms with Gasteiger partial charge in [-0.1, -0.05) is 6.07 Å². The van der Waals surface area contributed by atoms with Crippen LogP contribution in [-0.2, 0) is 24.3 Å². The molecule has 0 bridgehead atoms. The molecule has 1 N–H and O–H groups in total. The molecule has 0 unspecified atom stereocenters. The lowest BCUT2D eigenvalue weighted by atomic mass is 10.1. The molecule has 2 nitrogen and oxygen atoms in total. The summed E-state index contributed by atoms with van der Waals surface area (Å²) >= 11 is 3.67. The van der Waals surface area contributed by atoms with E-state index in [1.165, 1.54) is 20.2 Å². The van der Waals surface area contributed by atoms with Crippen molar-refractivity contribution in [3.8, 4) is 0 Å². The van der Waals surface area contributed by atoms with Crippen LogP contribution in [0.1, 0.15) is 41.0 Å². The highest BCUT2D eigenvalue weighted by Crippen LogP contribution is 2.23. The minimum Gasteiger partial charge on any atom is -0.376 e. The van der Waals surface area contributed by atoms with Gasteiger partial charge in [-0.25, -0.2) is 0 Å². The number of hydrogen-bond acceptors (Lipinski definition) is 4. The lowest BCUT2D eigenvalue weighted by molar-refractivity contribution is 0.124. The maximum atomic E-state index is 5.83. The van der Waals surface area contributed by atoms with Crippen molar-refractivity contribution >= 4 is 22.7 Å². The van der Waals surface area contributed by atoms with Crippen LogP contribution in [0.2, 0.25) is 0 Å². The largest absolute Gasteiger partial charge is 0.376 e. The molecule has 0 aliphatic carbocycles.